The Morgan fingerprint density at radius 2 is 1.63 bits per heavy atom. The fourth-order valence-corrected chi connectivity index (χ4v) is 2.66. The van der Waals surface area contributed by atoms with Gasteiger partial charge in [0.25, 0.3) is 0 Å². The first-order valence-electron chi connectivity index (χ1n) is 8.36. The fourth-order valence-electron chi connectivity index (χ4n) is 2.54. The third kappa shape index (κ3) is 5.31. The second kappa shape index (κ2) is 8.84. The number of allylic oxidation sites excluding steroid dienone is 1. The van der Waals surface area contributed by atoms with Gasteiger partial charge in [0.15, 0.2) is 0 Å². The summed E-state index contributed by atoms with van der Waals surface area (Å²) in [6.07, 6.45) is 2.00. The lowest BCUT2D eigenvalue weighted by atomic mass is 10.0. The third-order valence-electron chi connectivity index (χ3n) is 3.89. The molecule has 0 aliphatic carbocycles. The molecule has 0 atom stereocenters. The zero-order valence-corrected chi connectivity index (χ0v) is 15.2. The summed E-state index contributed by atoms with van der Waals surface area (Å²) in [7, 11) is 0. The molecule has 3 nitrogen and oxygen atoms in total. The molecule has 0 aromatic heterocycles. The zero-order chi connectivity index (χ0) is 19.1. The van der Waals surface area contributed by atoms with Crippen molar-refractivity contribution in [2.75, 3.05) is 0 Å². The van der Waals surface area contributed by atoms with Crippen LogP contribution in [0.25, 0.3) is 11.6 Å². The predicted octanol–water partition coefficient (Wildman–Crippen LogP) is 5.55. The van der Waals surface area contributed by atoms with E-state index in [-0.39, 0.29) is 12.4 Å². The number of halogens is 1. The number of carbonyl (C=O) groups excluding carboxylic acids is 1. The average Bonchev–Trinajstić information content (AvgIpc) is 2.69. The molecule has 0 aliphatic heterocycles. The number of nitriles is 1. The number of hydrogen-bond donors (Lipinski definition) is 0. The van der Waals surface area contributed by atoms with E-state index in [2.05, 4.69) is 6.07 Å². The van der Waals surface area contributed by atoms with Crippen LogP contribution in [-0.2, 0) is 11.2 Å². The van der Waals surface area contributed by atoms with E-state index in [9.17, 15) is 10.1 Å². The molecule has 0 saturated carbocycles. The van der Waals surface area contributed by atoms with Crippen LogP contribution in [-0.4, -0.2) is 5.97 Å². The minimum absolute atomic E-state index is 0.220. The van der Waals surface area contributed by atoms with E-state index in [4.69, 9.17) is 16.3 Å². The van der Waals surface area contributed by atoms with E-state index in [1.165, 1.54) is 0 Å². The van der Waals surface area contributed by atoms with Crippen molar-refractivity contribution in [2.45, 2.75) is 6.42 Å². The normalized spacial score (nSPS) is 10.9. The van der Waals surface area contributed by atoms with E-state index in [0.717, 1.165) is 16.7 Å². The maximum atomic E-state index is 12.0. The first kappa shape index (κ1) is 18.4. The molecule has 27 heavy (non-hydrogen) atoms. The van der Waals surface area contributed by atoms with Crippen LogP contribution in [0.15, 0.2) is 78.9 Å². The summed E-state index contributed by atoms with van der Waals surface area (Å²) in [5.41, 5.74) is 3.06. The summed E-state index contributed by atoms with van der Waals surface area (Å²) in [4.78, 5) is 12.0. The molecule has 0 bridgehead atoms. The Morgan fingerprint density at radius 1 is 0.963 bits per heavy atom. The van der Waals surface area contributed by atoms with Crippen LogP contribution in [0.4, 0.5) is 0 Å². The Hall–Kier alpha value is -3.35. The molecular formula is C23H16ClNO2. The van der Waals surface area contributed by atoms with Crippen LogP contribution in [0.3, 0.4) is 0 Å². The summed E-state index contributed by atoms with van der Waals surface area (Å²) in [6.45, 7) is 0. The zero-order valence-electron chi connectivity index (χ0n) is 14.4. The number of carbonyl (C=O) groups is 1. The highest BCUT2D eigenvalue weighted by atomic mass is 35.5. The molecule has 0 aliphatic rings. The molecule has 0 amide bonds. The lowest BCUT2D eigenvalue weighted by molar-refractivity contribution is -0.133. The van der Waals surface area contributed by atoms with Gasteiger partial charge in [0.1, 0.15) is 5.75 Å². The predicted molar refractivity (Wildman–Crippen MR) is 107 cm³/mol. The van der Waals surface area contributed by atoms with Gasteiger partial charge in [-0.3, -0.25) is 4.79 Å². The van der Waals surface area contributed by atoms with Gasteiger partial charge in [-0.15, -0.1) is 0 Å². The molecule has 0 spiro atoms. The van der Waals surface area contributed by atoms with Crippen molar-refractivity contribution in [2.24, 2.45) is 0 Å². The molecule has 0 fully saturated rings. The topological polar surface area (TPSA) is 50.1 Å². The standard InChI is InChI=1S/C23H16ClNO2/c24-21-10-8-19(9-11-21)20(16-25)14-18-6-12-22(13-7-18)27-23(26)15-17-4-2-1-3-5-17/h1-14H,15H2/b20-14-. The van der Waals surface area contributed by atoms with Crippen molar-refractivity contribution in [1.29, 1.82) is 5.26 Å². The lowest BCUT2D eigenvalue weighted by Crippen LogP contribution is -2.11. The van der Waals surface area contributed by atoms with E-state index in [1.54, 1.807) is 54.6 Å². The van der Waals surface area contributed by atoms with Gasteiger partial charge in [0.2, 0.25) is 0 Å². The van der Waals surface area contributed by atoms with Crippen LogP contribution in [0, 0.1) is 11.3 Å². The maximum Gasteiger partial charge on any atom is 0.315 e. The Morgan fingerprint density at radius 3 is 2.26 bits per heavy atom. The Kier molecular flexibility index (Phi) is 6.04. The van der Waals surface area contributed by atoms with Gasteiger partial charge in [-0.2, -0.15) is 5.26 Å². The number of esters is 1. The lowest BCUT2D eigenvalue weighted by Gasteiger charge is -2.05. The molecule has 3 rings (SSSR count). The molecule has 0 N–H and O–H groups in total. The van der Waals surface area contributed by atoms with Gasteiger partial charge in [0.05, 0.1) is 18.1 Å². The average molecular weight is 374 g/mol. The second-order valence-corrected chi connectivity index (χ2v) is 6.32. The van der Waals surface area contributed by atoms with Gasteiger partial charge in [0, 0.05) is 5.02 Å². The third-order valence-corrected chi connectivity index (χ3v) is 4.14. The summed E-state index contributed by atoms with van der Waals surface area (Å²) in [5.74, 6) is 0.154. The SMILES string of the molecule is N#C/C(=C/c1ccc(OC(=O)Cc2ccccc2)cc1)c1ccc(Cl)cc1. The van der Waals surface area contributed by atoms with E-state index < -0.39 is 0 Å². The largest absolute Gasteiger partial charge is 0.426 e. The van der Waals surface area contributed by atoms with Crippen molar-refractivity contribution in [3.63, 3.8) is 0 Å². The molecule has 4 heteroatoms. The number of nitrogens with zero attached hydrogens (tertiary/aromatic N) is 1. The summed E-state index contributed by atoms with van der Waals surface area (Å²) < 4.78 is 5.36. The number of ether oxygens (including phenoxy) is 1. The molecule has 3 aromatic rings. The van der Waals surface area contributed by atoms with E-state index in [1.807, 2.05) is 30.3 Å². The van der Waals surface area contributed by atoms with Gasteiger partial charge in [-0.1, -0.05) is 66.2 Å². The first-order valence-corrected chi connectivity index (χ1v) is 8.74. The minimum atomic E-state index is -0.316. The maximum absolute atomic E-state index is 12.0. The fraction of sp³-hybridized carbons (Fsp3) is 0.0435. The molecule has 0 radical (unpaired) electrons. The van der Waals surface area contributed by atoms with E-state index in [0.29, 0.717) is 16.3 Å². The summed E-state index contributed by atoms with van der Waals surface area (Å²) in [5, 5.41) is 10.0. The van der Waals surface area contributed by atoms with Crippen molar-refractivity contribution in [1.82, 2.24) is 0 Å². The van der Waals surface area contributed by atoms with Crippen LogP contribution >= 0.6 is 11.6 Å². The van der Waals surface area contributed by atoms with Crippen LogP contribution < -0.4 is 4.74 Å². The molecule has 0 heterocycles. The first-order chi connectivity index (χ1) is 13.1. The van der Waals surface area contributed by atoms with Crippen LogP contribution in [0.1, 0.15) is 16.7 Å². The minimum Gasteiger partial charge on any atom is -0.426 e. The molecule has 0 unspecified atom stereocenters. The Balaban J connectivity index is 1.68. The number of benzene rings is 3. The van der Waals surface area contributed by atoms with Crippen molar-refractivity contribution in [3.8, 4) is 11.8 Å². The van der Waals surface area contributed by atoms with Gasteiger partial charge < -0.3 is 4.74 Å². The summed E-state index contributed by atoms with van der Waals surface area (Å²) >= 11 is 5.89. The van der Waals surface area contributed by atoms with Crippen LogP contribution in [0.5, 0.6) is 5.75 Å². The van der Waals surface area contributed by atoms with Crippen molar-refractivity contribution < 1.29 is 9.53 Å². The molecular weight excluding hydrogens is 358 g/mol. The highest BCUT2D eigenvalue weighted by Gasteiger charge is 2.06. The van der Waals surface area contributed by atoms with E-state index >= 15 is 0 Å². The quantitative estimate of drug-likeness (QED) is 0.255. The monoisotopic (exact) mass is 373 g/mol. The Bertz CT molecular complexity index is 985. The second-order valence-electron chi connectivity index (χ2n) is 5.88. The molecule has 0 saturated heterocycles. The highest BCUT2D eigenvalue weighted by molar-refractivity contribution is 6.30. The smallest absolute Gasteiger partial charge is 0.315 e. The van der Waals surface area contributed by atoms with Crippen LogP contribution in [0.2, 0.25) is 5.02 Å². The van der Waals surface area contributed by atoms with Gasteiger partial charge in [-0.05, 0) is 47.0 Å². The number of rotatable bonds is 5. The highest BCUT2D eigenvalue weighted by Crippen LogP contribution is 2.21. The summed E-state index contributed by atoms with van der Waals surface area (Å²) in [6, 6.07) is 25.8. The Labute approximate surface area is 163 Å². The van der Waals surface area contributed by atoms with Crippen molar-refractivity contribution >= 4 is 29.2 Å². The molecule has 132 valence electrons. The van der Waals surface area contributed by atoms with Crippen molar-refractivity contribution in [3.05, 3.63) is 101 Å². The van der Waals surface area contributed by atoms with Gasteiger partial charge in [-0.25, -0.2) is 0 Å². The number of hydrogen-bond acceptors (Lipinski definition) is 3. The van der Waals surface area contributed by atoms with Gasteiger partial charge >= 0.3 is 5.97 Å². The molecule has 3 aromatic carbocycles.